The number of aromatic nitrogens is 3. The summed E-state index contributed by atoms with van der Waals surface area (Å²) in [5.41, 5.74) is 7.15. The molecule has 0 radical (unpaired) electrons. The molecular formula is C34H47N7. The fourth-order valence-corrected chi connectivity index (χ4v) is 4.86. The van der Waals surface area contributed by atoms with Crippen LogP contribution in [0, 0.1) is 12.8 Å². The first-order valence-corrected chi connectivity index (χ1v) is 14.3. The minimum absolute atomic E-state index is 0.518. The maximum Gasteiger partial charge on any atom is 0.133 e. The highest BCUT2D eigenvalue weighted by molar-refractivity contribution is 5.78. The summed E-state index contributed by atoms with van der Waals surface area (Å²) in [6.07, 6.45) is 12.7. The average molecular weight is 554 g/mol. The van der Waals surface area contributed by atoms with Crippen molar-refractivity contribution in [1.29, 1.82) is 0 Å². The Kier molecular flexibility index (Phi) is 11.1. The van der Waals surface area contributed by atoms with Gasteiger partial charge in [0.05, 0.1) is 11.0 Å². The Morgan fingerprint density at radius 1 is 1.15 bits per heavy atom. The van der Waals surface area contributed by atoms with Crippen LogP contribution in [-0.2, 0) is 0 Å². The predicted molar refractivity (Wildman–Crippen MR) is 177 cm³/mol. The normalized spacial score (nSPS) is 15.8. The zero-order chi connectivity index (χ0) is 30.1. The lowest BCUT2D eigenvalue weighted by Crippen LogP contribution is -2.45. The van der Waals surface area contributed by atoms with Gasteiger partial charge in [-0.25, -0.2) is 4.98 Å². The number of likely N-dealkylation sites (N-methyl/N-ethyl adjacent to an activating group) is 1. The molecule has 0 unspecified atom stereocenters. The standard InChI is InChI=1S/C34H47N7/c1-11-28(22-29(12-2)36-25(7)20-23(4)5)24(6)21-30-31(13-3)38-39-33(30)27(9)37-32-14-15-35-34(26(32)8)41-18-16-40(10)17-19-41/h11-15,21-23,36,38H,2,6-7,9,16-20H2,1,3-5,8,10H3,(H,35,37)/b28-11+,29-22+,30-21+,31-13+. The van der Waals surface area contributed by atoms with Crippen molar-refractivity contribution in [3.05, 3.63) is 101 Å². The molecule has 0 spiro atoms. The van der Waals surface area contributed by atoms with Crippen LogP contribution in [0.5, 0.6) is 0 Å². The maximum atomic E-state index is 4.70. The molecule has 0 atom stereocenters. The molecule has 7 heteroatoms. The van der Waals surface area contributed by atoms with E-state index in [0.29, 0.717) is 11.6 Å². The molecule has 0 bridgehead atoms. The zero-order valence-corrected chi connectivity index (χ0v) is 25.8. The van der Waals surface area contributed by atoms with Crippen molar-refractivity contribution < 1.29 is 0 Å². The number of pyridine rings is 1. The van der Waals surface area contributed by atoms with Crippen molar-refractivity contribution >= 4 is 29.4 Å². The SMILES string of the molecule is C=C/C(=C\C(=C/C)C(=C)/C=c1/c(C(=C)Nc2ccnc(N3CCN(C)CC3)c2C)n[nH]/c1=C/C)NC(=C)CC(C)C. The smallest absolute Gasteiger partial charge is 0.133 e. The molecule has 1 fully saturated rings. The molecule has 0 aliphatic carbocycles. The summed E-state index contributed by atoms with van der Waals surface area (Å²) in [5.74, 6) is 1.53. The highest BCUT2D eigenvalue weighted by atomic mass is 15.3. The van der Waals surface area contributed by atoms with Gasteiger partial charge in [0.25, 0.3) is 0 Å². The Morgan fingerprint density at radius 3 is 2.46 bits per heavy atom. The van der Waals surface area contributed by atoms with E-state index in [1.54, 1.807) is 6.08 Å². The number of nitrogens with zero attached hydrogens (tertiary/aromatic N) is 4. The Morgan fingerprint density at radius 2 is 1.85 bits per heavy atom. The molecule has 2 aromatic rings. The maximum absolute atomic E-state index is 4.70. The van der Waals surface area contributed by atoms with Gasteiger partial charge in [-0.2, -0.15) is 5.10 Å². The van der Waals surface area contributed by atoms with Gasteiger partial charge in [0, 0.05) is 60.2 Å². The van der Waals surface area contributed by atoms with Crippen molar-refractivity contribution in [1.82, 2.24) is 25.4 Å². The van der Waals surface area contributed by atoms with Crippen LogP contribution < -0.4 is 26.1 Å². The van der Waals surface area contributed by atoms with Gasteiger partial charge in [0.1, 0.15) is 11.5 Å². The van der Waals surface area contributed by atoms with E-state index in [-0.39, 0.29) is 0 Å². The van der Waals surface area contributed by atoms with E-state index in [4.69, 9.17) is 4.98 Å². The fraction of sp³-hybridized carbons (Fsp3) is 0.353. The first-order valence-electron chi connectivity index (χ1n) is 14.3. The van der Waals surface area contributed by atoms with Crippen molar-refractivity contribution in [3.8, 4) is 0 Å². The monoisotopic (exact) mass is 553 g/mol. The highest BCUT2D eigenvalue weighted by Crippen LogP contribution is 2.27. The van der Waals surface area contributed by atoms with Gasteiger partial charge < -0.3 is 20.4 Å². The largest absolute Gasteiger partial charge is 0.359 e. The van der Waals surface area contributed by atoms with E-state index in [9.17, 15) is 0 Å². The predicted octanol–water partition coefficient (Wildman–Crippen LogP) is 5.25. The van der Waals surface area contributed by atoms with Gasteiger partial charge in [-0.05, 0) is 75.6 Å². The fourth-order valence-electron chi connectivity index (χ4n) is 4.86. The van der Waals surface area contributed by atoms with Gasteiger partial charge in [0.2, 0.25) is 0 Å². The topological polar surface area (TPSA) is 72.1 Å². The molecule has 0 aromatic carbocycles. The summed E-state index contributed by atoms with van der Waals surface area (Å²) in [5, 5.41) is 16.5. The van der Waals surface area contributed by atoms with E-state index in [1.807, 2.05) is 50.4 Å². The Hall–Kier alpha value is -4.10. The first-order chi connectivity index (χ1) is 19.6. The molecule has 0 amide bonds. The van der Waals surface area contributed by atoms with Crippen LogP contribution in [0.25, 0.3) is 17.8 Å². The molecular weight excluding hydrogens is 506 g/mol. The minimum atomic E-state index is 0.518. The van der Waals surface area contributed by atoms with Crippen LogP contribution in [0.2, 0.25) is 0 Å². The molecule has 7 nitrogen and oxygen atoms in total. The molecule has 1 saturated heterocycles. The Labute approximate surface area is 246 Å². The van der Waals surface area contributed by atoms with Crippen LogP contribution in [0.4, 0.5) is 11.5 Å². The third-order valence-corrected chi connectivity index (χ3v) is 7.18. The molecule has 41 heavy (non-hydrogen) atoms. The summed E-state index contributed by atoms with van der Waals surface area (Å²) in [7, 11) is 2.16. The van der Waals surface area contributed by atoms with Crippen LogP contribution in [0.1, 0.15) is 45.4 Å². The van der Waals surface area contributed by atoms with Crippen molar-refractivity contribution in [2.24, 2.45) is 5.92 Å². The molecule has 3 heterocycles. The van der Waals surface area contributed by atoms with E-state index in [2.05, 4.69) is 84.8 Å². The van der Waals surface area contributed by atoms with Gasteiger partial charge in [-0.3, -0.25) is 5.10 Å². The van der Waals surface area contributed by atoms with Gasteiger partial charge in [-0.15, -0.1) is 0 Å². The van der Waals surface area contributed by atoms with Crippen LogP contribution in [0.3, 0.4) is 0 Å². The second-order valence-electron chi connectivity index (χ2n) is 10.9. The van der Waals surface area contributed by atoms with Gasteiger partial charge >= 0.3 is 0 Å². The highest BCUT2D eigenvalue weighted by Gasteiger charge is 2.19. The summed E-state index contributed by atoms with van der Waals surface area (Å²) < 4.78 is 0. The Bertz CT molecular complexity index is 1460. The Balaban J connectivity index is 1.89. The van der Waals surface area contributed by atoms with Crippen molar-refractivity contribution in [2.45, 2.75) is 41.0 Å². The van der Waals surface area contributed by atoms with E-state index < -0.39 is 0 Å². The van der Waals surface area contributed by atoms with E-state index in [1.165, 1.54) is 0 Å². The molecule has 1 aliphatic rings. The third kappa shape index (κ3) is 8.21. The molecule has 3 rings (SSSR count). The lowest BCUT2D eigenvalue weighted by molar-refractivity contribution is 0.312. The number of hydrogen-bond acceptors (Lipinski definition) is 6. The number of piperazine rings is 1. The average Bonchev–Trinajstić information content (AvgIpc) is 3.34. The van der Waals surface area contributed by atoms with Crippen molar-refractivity contribution in [2.75, 3.05) is 43.4 Å². The molecule has 1 aliphatic heterocycles. The quantitative estimate of drug-likeness (QED) is 0.312. The number of anilines is 2. The second-order valence-corrected chi connectivity index (χ2v) is 10.9. The lowest BCUT2D eigenvalue weighted by Gasteiger charge is -2.34. The van der Waals surface area contributed by atoms with E-state index >= 15 is 0 Å². The van der Waals surface area contributed by atoms with Gasteiger partial charge in [-0.1, -0.05) is 52.3 Å². The van der Waals surface area contributed by atoms with Crippen LogP contribution >= 0.6 is 0 Å². The number of allylic oxidation sites excluding steroid dienone is 6. The summed E-state index contributed by atoms with van der Waals surface area (Å²) in [6, 6.07) is 1.99. The molecule has 2 aromatic heterocycles. The third-order valence-electron chi connectivity index (χ3n) is 7.18. The van der Waals surface area contributed by atoms with Gasteiger partial charge in [0.15, 0.2) is 0 Å². The molecule has 3 N–H and O–H groups in total. The minimum Gasteiger partial charge on any atom is -0.359 e. The number of hydrogen-bond donors (Lipinski definition) is 3. The van der Waals surface area contributed by atoms with E-state index in [0.717, 1.165) is 88.5 Å². The second kappa shape index (κ2) is 14.5. The zero-order valence-electron chi connectivity index (χ0n) is 25.8. The number of aromatic amines is 1. The summed E-state index contributed by atoms with van der Waals surface area (Å²) >= 11 is 0. The summed E-state index contributed by atoms with van der Waals surface area (Å²) in [6.45, 7) is 31.3. The van der Waals surface area contributed by atoms with Crippen LogP contribution in [-0.4, -0.2) is 53.3 Å². The number of rotatable bonds is 12. The summed E-state index contributed by atoms with van der Waals surface area (Å²) in [4.78, 5) is 9.39. The molecule has 0 saturated carbocycles. The first kappa shape index (κ1) is 31.4. The number of H-pyrrole nitrogens is 1. The van der Waals surface area contributed by atoms with Crippen LogP contribution in [0.15, 0.2) is 79.3 Å². The molecule has 218 valence electrons. The number of nitrogens with one attached hydrogen (secondary N) is 3. The van der Waals surface area contributed by atoms with Crippen molar-refractivity contribution in [3.63, 3.8) is 0 Å². The lowest BCUT2D eigenvalue weighted by atomic mass is 10.0.